The Balaban J connectivity index is 1.55. The number of allylic oxidation sites excluding steroid dienone is 3. The van der Waals surface area contributed by atoms with Crippen LogP contribution in [0.25, 0.3) is 0 Å². The molecule has 3 heteroatoms. The molecule has 0 aliphatic heterocycles. The average Bonchev–Trinajstić information content (AvgIpc) is 3.05. The van der Waals surface area contributed by atoms with Crippen molar-refractivity contribution in [2.24, 2.45) is 46.3 Å². The zero-order valence-electron chi connectivity index (χ0n) is 20.1. The molecule has 0 aromatic heterocycles. The van der Waals surface area contributed by atoms with Gasteiger partial charge in [-0.3, -0.25) is 9.59 Å². The van der Waals surface area contributed by atoms with Crippen molar-refractivity contribution in [3.63, 3.8) is 0 Å². The SMILES string of the molecule is C=C(CC[C@@H](C(=O)O)[C@H]1CC[C@H]2[C@@H]3CC=C4CC(=O)CC[C@]4(C)[C@H]3CC[C@]12C)C(C)C. The van der Waals surface area contributed by atoms with Crippen molar-refractivity contribution in [1.82, 2.24) is 0 Å². The lowest BCUT2D eigenvalue weighted by molar-refractivity contribution is -0.147. The summed E-state index contributed by atoms with van der Waals surface area (Å²) in [4.78, 5) is 24.5. The van der Waals surface area contributed by atoms with E-state index in [1.165, 1.54) is 24.0 Å². The van der Waals surface area contributed by atoms with Crippen LogP contribution in [-0.4, -0.2) is 16.9 Å². The number of carbonyl (C=O) groups excluding carboxylic acids is 1. The highest BCUT2D eigenvalue weighted by Crippen LogP contribution is 2.67. The van der Waals surface area contributed by atoms with Crippen molar-refractivity contribution in [3.05, 3.63) is 23.8 Å². The lowest BCUT2D eigenvalue weighted by Crippen LogP contribution is -2.51. The predicted octanol–water partition coefficient (Wildman–Crippen LogP) is 6.83. The van der Waals surface area contributed by atoms with E-state index in [0.29, 0.717) is 35.9 Å². The lowest BCUT2D eigenvalue weighted by Gasteiger charge is -2.57. The van der Waals surface area contributed by atoms with Gasteiger partial charge in [-0.2, -0.15) is 0 Å². The summed E-state index contributed by atoms with van der Waals surface area (Å²) < 4.78 is 0. The lowest BCUT2D eigenvalue weighted by atomic mass is 9.47. The van der Waals surface area contributed by atoms with Crippen LogP contribution in [0.3, 0.4) is 0 Å². The molecule has 0 heterocycles. The first-order valence-corrected chi connectivity index (χ1v) is 12.7. The second-order valence-electron chi connectivity index (χ2n) is 12.0. The highest BCUT2D eigenvalue weighted by molar-refractivity contribution is 5.82. The molecular weight excluding hydrogens is 384 g/mol. The van der Waals surface area contributed by atoms with Crippen LogP contribution < -0.4 is 0 Å². The molecule has 4 aliphatic carbocycles. The Labute approximate surface area is 188 Å². The molecule has 0 aromatic carbocycles. The minimum absolute atomic E-state index is 0.135. The maximum Gasteiger partial charge on any atom is 0.306 e. The Bertz CT molecular complexity index is 792. The quantitative estimate of drug-likeness (QED) is 0.474. The molecular formula is C28H42O3. The molecule has 4 rings (SSSR count). The minimum atomic E-state index is -0.603. The van der Waals surface area contributed by atoms with E-state index in [2.05, 4.69) is 40.3 Å². The van der Waals surface area contributed by atoms with Crippen LogP contribution in [-0.2, 0) is 9.59 Å². The number of rotatable bonds is 6. The van der Waals surface area contributed by atoms with E-state index in [1.807, 2.05) is 0 Å². The zero-order chi connectivity index (χ0) is 22.6. The summed E-state index contributed by atoms with van der Waals surface area (Å²) in [5.74, 6) is 2.21. The summed E-state index contributed by atoms with van der Waals surface area (Å²) in [7, 11) is 0. The third kappa shape index (κ3) is 3.74. The number of fused-ring (bicyclic) bond motifs is 5. The summed E-state index contributed by atoms with van der Waals surface area (Å²) >= 11 is 0. The average molecular weight is 427 g/mol. The summed E-state index contributed by atoms with van der Waals surface area (Å²) in [6.07, 6.45) is 12.1. The summed E-state index contributed by atoms with van der Waals surface area (Å²) in [5, 5.41) is 10.2. The van der Waals surface area contributed by atoms with Crippen molar-refractivity contribution in [3.8, 4) is 0 Å². The third-order valence-electron chi connectivity index (χ3n) is 10.4. The highest BCUT2D eigenvalue weighted by Gasteiger charge is 2.60. The van der Waals surface area contributed by atoms with Crippen LogP contribution in [0.5, 0.6) is 0 Å². The molecule has 3 nitrogen and oxygen atoms in total. The van der Waals surface area contributed by atoms with Gasteiger partial charge in [0.15, 0.2) is 0 Å². The molecule has 3 saturated carbocycles. The van der Waals surface area contributed by atoms with Gasteiger partial charge in [0.1, 0.15) is 5.78 Å². The molecule has 3 fully saturated rings. The normalized spacial score (nSPS) is 40.5. The van der Waals surface area contributed by atoms with Gasteiger partial charge in [0.25, 0.3) is 0 Å². The van der Waals surface area contributed by atoms with E-state index >= 15 is 0 Å². The number of carbonyl (C=O) groups is 2. The second kappa shape index (κ2) is 8.19. The van der Waals surface area contributed by atoms with Crippen LogP contribution in [0.15, 0.2) is 23.8 Å². The number of hydrogen-bond donors (Lipinski definition) is 1. The van der Waals surface area contributed by atoms with Gasteiger partial charge in [-0.25, -0.2) is 0 Å². The second-order valence-corrected chi connectivity index (χ2v) is 12.0. The smallest absolute Gasteiger partial charge is 0.306 e. The van der Waals surface area contributed by atoms with Crippen molar-refractivity contribution in [1.29, 1.82) is 0 Å². The molecule has 0 saturated heterocycles. The number of aliphatic carboxylic acids is 1. The van der Waals surface area contributed by atoms with Gasteiger partial charge in [0.2, 0.25) is 0 Å². The maximum absolute atomic E-state index is 12.4. The van der Waals surface area contributed by atoms with Gasteiger partial charge in [0.05, 0.1) is 5.92 Å². The van der Waals surface area contributed by atoms with Gasteiger partial charge >= 0.3 is 5.97 Å². The largest absolute Gasteiger partial charge is 0.481 e. The van der Waals surface area contributed by atoms with Gasteiger partial charge < -0.3 is 5.11 Å². The first-order valence-electron chi connectivity index (χ1n) is 12.7. The van der Waals surface area contributed by atoms with Crippen LogP contribution in [0.2, 0.25) is 0 Å². The molecule has 7 atom stereocenters. The maximum atomic E-state index is 12.4. The van der Waals surface area contributed by atoms with Crippen LogP contribution in [0, 0.1) is 46.3 Å². The minimum Gasteiger partial charge on any atom is -0.481 e. The third-order valence-corrected chi connectivity index (χ3v) is 10.4. The summed E-state index contributed by atoms with van der Waals surface area (Å²) in [6, 6.07) is 0. The van der Waals surface area contributed by atoms with Crippen LogP contribution in [0.1, 0.15) is 91.9 Å². The van der Waals surface area contributed by atoms with E-state index in [0.717, 1.165) is 44.9 Å². The summed E-state index contributed by atoms with van der Waals surface area (Å²) in [6.45, 7) is 13.3. The molecule has 172 valence electrons. The van der Waals surface area contributed by atoms with Crippen molar-refractivity contribution in [2.45, 2.75) is 91.9 Å². The Kier molecular flexibility index (Phi) is 6.03. The monoisotopic (exact) mass is 426 g/mol. The standard InChI is InChI=1S/C28H42O3/c1-17(2)18(3)6-8-22(26(30)31)24-11-10-23-21-9-7-19-16-20(29)12-14-27(19,4)25(21)13-15-28(23,24)5/h7,17,21-25H,3,6,8-16H2,1-2,4-5H3,(H,30,31)/t21-,22+,23-,24+,25-,27-,28-/m0/s1. The number of Topliss-reactive ketones (excluding diaryl/α,β-unsaturated/α-hetero) is 1. The van der Waals surface area contributed by atoms with Gasteiger partial charge in [0, 0.05) is 12.8 Å². The molecule has 31 heavy (non-hydrogen) atoms. The zero-order valence-corrected chi connectivity index (χ0v) is 20.1. The van der Waals surface area contributed by atoms with E-state index < -0.39 is 5.97 Å². The van der Waals surface area contributed by atoms with Crippen molar-refractivity contribution >= 4 is 11.8 Å². The van der Waals surface area contributed by atoms with Gasteiger partial charge in [-0.1, -0.05) is 51.5 Å². The number of carboxylic acids is 1. The van der Waals surface area contributed by atoms with Crippen molar-refractivity contribution < 1.29 is 14.7 Å². The van der Waals surface area contributed by atoms with Gasteiger partial charge in [-0.15, -0.1) is 0 Å². The van der Waals surface area contributed by atoms with Crippen LogP contribution >= 0.6 is 0 Å². The Morgan fingerprint density at radius 2 is 1.94 bits per heavy atom. The molecule has 0 spiro atoms. The van der Waals surface area contributed by atoms with E-state index in [9.17, 15) is 14.7 Å². The molecule has 0 unspecified atom stereocenters. The van der Waals surface area contributed by atoms with E-state index in [1.54, 1.807) is 0 Å². The Morgan fingerprint density at radius 3 is 2.61 bits per heavy atom. The van der Waals surface area contributed by atoms with E-state index in [-0.39, 0.29) is 22.7 Å². The number of hydrogen-bond acceptors (Lipinski definition) is 2. The van der Waals surface area contributed by atoms with E-state index in [4.69, 9.17) is 0 Å². The highest BCUT2D eigenvalue weighted by atomic mass is 16.4. The number of carboxylic acid groups (broad SMARTS) is 1. The molecule has 4 aliphatic rings. The van der Waals surface area contributed by atoms with Gasteiger partial charge in [-0.05, 0) is 91.8 Å². The summed E-state index contributed by atoms with van der Waals surface area (Å²) in [5.41, 5.74) is 2.92. The molecule has 0 aromatic rings. The molecule has 0 radical (unpaired) electrons. The first kappa shape index (κ1) is 22.8. The first-order chi connectivity index (χ1) is 14.6. The number of ketones is 1. The molecule has 0 amide bonds. The Hall–Kier alpha value is -1.38. The molecule has 0 bridgehead atoms. The topological polar surface area (TPSA) is 54.4 Å². The fourth-order valence-corrected chi connectivity index (χ4v) is 8.30. The molecule has 1 N–H and O–H groups in total. The van der Waals surface area contributed by atoms with Crippen molar-refractivity contribution in [2.75, 3.05) is 0 Å². The van der Waals surface area contributed by atoms with Crippen LogP contribution in [0.4, 0.5) is 0 Å². The fourth-order valence-electron chi connectivity index (χ4n) is 8.30. The Morgan fingerprint density at radius 1 is 1.19 bits per heavy atom. The predicted molar refractivity (Wildman–Crippen MR) is 125 cm³/mol. The fraction of sp³-hybridized carbons (Fsp3) is 0.786.